The first-order valence-electron chi connectivity index (χ1n) is 5.48. The van der Waals surface area contributed by atoms with Crippen LogP contribution in [0.2, 0.25) is 0 Å². The van der Waals surface area contributed by atoms with Crippen LogP contribution in [0.1, 0.15) is 14.4 Å². The number of allylic oxidation sites excluding steroid dienone is 14. The van der Waals surface area contributed by atoms with Crippen molar-refractivity contribution in [1.82, 2.24) is 0 Å². The van der Waals surface area contributed by atoms with Gasteiger partial charge in [-0.15, -0.1) is 0 Å². The molecule has 0 aromatic carbocycles. The summed E-state index contributed by atoms with van der Waals surface area (Å²) in [6.45, 7) is 1.98. The first-order chi connectivity index (χ1) is 8.41. The maximum absolute atomic E-state index is 9.94. The van der Waals surface area contributed by atoms with Crippen molar-refractivity contribution in [2.24, 2.45) is 0 Å². The Bertz CT molecular complexity index is 374. The zero-order valence-electron chi connectivity index (χ0n) is 10.1. The molecule has 0 radical (unpaired) electrons. The molecule has 0 heterocycles. The molecule has 0 saturated carbocycles. The van der Waals surface area contributed by atoms with E-state index >= 15 is 0 Å². The van der Waals surface area contributed by atoms with E-state index in [0.29, 0.717) is 0 Å². The molecule has 0 aromatic heterocycles. The number of rotatable bonds is 7. The standard InChI is InChI=1S/C16H18O.CH4/c1-2-3-4-5-6-7-8-9-10-11-12-13-14-15-16-17;/h2-16H,1H3;1H4. The highest BCUT2D eigenvalue weighted by Gasteiger charge is 1.64. The molecule has 0 aliphatic carbocycles. The Hall–Kier alpha value is -2.15. The molecule has 1 heteroatoms. The Morgan fingerprint density at radius 3 is 1.06 bits per heavy atom. The van der Waals surface area contributed by atoms with Crippen LogP contribution < -0.4 is 0 Å². The molecule has 0 atom stereocenters. The predicted octanol–water partition coefficient (Wildman–Crippen LogP) is 4.73. The van der Waals surface area contributed by atoms with Crippen LogP contribution in [0.25, 0.3) is 0 Å². The predicted molar refractivity (Wildman–Crippen MR) is 82.4 cm³/mol. The molecule has 0 rings (SSSR count). The smallest absolute Gasteiger partial charge is 0.142 e. The van der Waals surface area contributed by atoms with Gasteiger partial charge in [0.15, 0.2) is 0 Å². The first-order valence-corrected chi connectivity index (χ1v) is 5.48. The molecule has 0 N–H and O–H groups in total. The minimum atomic E-state index is 0. The second-order valence-electron chi connectivity index (χ2n) is 2.97. The highest BCUT2D eigenvalue weighted by molar-refractivity contribution is 5.65. The van der Waals surface area contributed by atoms with Crippen LogP contribution >= 0.6 is 0 Å². The van der Waals surface area contributed by atoms with Crippen molar-refractivity contribution in [2.75, 3.05) is 0 Å². The summed E-state index contributed by atoms with van der Waals surface area (Å²) in [5.74, 6) is 0. The third-order valence-corrected chi connectivity index (χ3v) is 1.60. The van der Waals surface area contributed by atoms with Crippen LogP contribution in [0.5, 0.6) is 0 Å². The third-order valence-electron chi connectivity index (χ3n) is 1.60. The molecule has 0 amide bonds. The van der Waals surface area contributed by atoms with Crippen molar-refractivity contribution in [2.45, 2.75) is 14.4 Å². The van der Waals surface area contributed by atoms with Crippen LogP contribution in [0.3, 0.4) is 0 Å². The van der Waals surface area contributed by atoms with Crippen molar-refractivity contribution in [3.63, 3.8) is 0 Å². The van der Waals surface area contributed by atoms with Crippen LogP contribution in [-0.4, -0.2) is 6.29 Å². The lowest BCUT2D eigenvalue weighted by molar-refractivity contribution is -0.104. The fraction of sp³-hybridized carbons (Fsp3) is 0.118. The second-order valence-corrected chi connectivity index (χ2v) is 2.97. The van der Waals surface area contributed by atoms with Crippen LogP contribution in [0.4, 0.5) is 0 Å². The molecular weight excluding hydrogens is 220 g/mol. The van der Waals surface area contributed by atoms with Gasteiger partial charge >= 0.3 is 0 Å². The van der Waals surface area contributed by atoms with Crippen LogP contribution in [0.15, 0.2) is 85.1 Å². The van der Waals surface area contributed by atoms with Gasteiger partial charge in [0.2, 0.25) is 0 Å². The molecule has 0 spiro atoms. The maximum Gasteiger partial charge on any atom is 0.142 e. The van der Waals surface area contributed by atoms with E-state index < -0.39 is 0 Å². The average molecular weight is 242 g/mol. The number of hydrogen-bond donors (Lipinski definition) is 0. The Morgan fingerprint density at radius 2 is 0.778 bits per heavy atom. The molecule has 0 saturated heterocycles. The van der Waals surface area contributed by atoms with Crippen LogP contribution in [0, 0.1) is 0 Å². The molecule has 0 aromatic rings. The van der Waals surface area contributed by atoms with Crippen molar-refractivity contribution in [3.05, 3.63) is 85.1 Å². The molecule has 1 nitrogen and oxygen atoms in total. The van der Waals surface area contributed by atoms with E-state index in [0.717, 1.165) is 6.29 Å². The quantitative estimate of drug-likeness (QED) is 0.358. The van der Waals surface area contributed by atoms with Gasteiger partial charge in [-0.25, -0.2) is 0 Å². The summed E-state index contributed by atoms with van der Waals surface area (Å²) in [4.78, 5) is 9.94. The summed E-state index contributed by atoms with van der Waals surface area (Å²) >= 11 is 0. The van der Waals surface area contributed by atoms with Gasteiger partial charge in [0.05, 0.1) is 0 Å². The summed E-state index contributed by atoms with van der Waals surface area (Å²) in [5, 5.41) is 0. The normalized spacial score (nSPS) is 13.2. The SMILES string of the molecule is C.CC=CC=CC=CC=CC=CC=CC=CC=O. The maximum atomic E-state index is 9.94. The van der Waals surface area contributed by atoms with Crippen molar-refractivity contribution < 1.29 is 4.79 Å². The largest absolute Gasteiger partial charge is 0.299 e. The van der Waals surface area contributed by atoms with Gasteiger partial charge in [0.1, 0.15) is 6.29 Å². The number of carbonyl (C=O) groups excluding carboxylic acids is 1. The zero-order chi connectivity index (χ0) is 12.6. The molecule has 18 heavy (non-hydrogen) atoms. The topological polar surface area (TPSA) is 17.1 Å². The molecule has 0 unspecified atom stereocenters. The summed E-state index contributed by atoms with van der Waals surface area (Å²) in [6, 6.07) is 0. The minimum absolute atomic E-state index is 0. The first kappa shape index (κ1) is 18.2. The van der Waals surface area contributed by atoms with Gasteiger partial charge in [-0.3, -0.25) is 4.79 Å². The van der Waals surface area contributed by atoms with E-state index in [-0.39, 0.29) is 7.43 Å². The number of carbonyl (C=O) groups is 1. The van der Waals surface area contributed by atoms with E-state index in [4.69, 9.17) is 0 Å². The molecule has 0 fully saturated rings. The van der Waals surface area contributed by atoms with Gasteiger partial charge in [-0.05, 0) is 13.0 Å². The lowest BCUT2D eigenvalue weighted by atomic mass is 10.3. The van der Waals surface area contributed by atoms with E-state index in [1.165, 1.54) is 6.08 Å². The fourth-order valence-corrected chi connectivity index (χ4v) is 0.862. The Morgan fingerprint density at radius 1 is 0.500 bits per heavy atom. The van der Waals surface area contributed by atoms with Crippen LogP contribution in [-0.2, 0) is 4.79 Å². The number of hydrogen-bond acceptors (Lipinski definition) is 1. The molecule has 96 valence electrons. The van der Waals surface area contributed by atoms with E-state index in [1.54, 1.807) is 12.2 Å². The third kappa shape index (κ3) is 16.3. The van der Waals surface area contributed by atoms with E-state index in [9.17, 15) is 4.79 Å². The summed E-state index contributed by atoms with van der Waals surface area (Å²) in [5.41, 5.74) is 0. The Labute approximate surface area is 111 Å². The highest BCUT2D eigenvalue weighted by Crippen LogP contribution is 1.84. The molecule has 0 aliphatic rings. The summed E-state index contributed by atoms with van der Waals surface area (Å²) in [7, 11) is 0. The molecular formula is C17H22O. The molecule has 0 bridgehead atoms. The Kier molecular flexibility index (Phi) is 17.5. The second kappa shape index (κ2) is 17.3. The lowest BCUT2D eigenvalue weighted by Gasteiger charge is -1.74. The van der Waals surface area contributed by atoms with E-state index in [1.807, 2.05) is 73.8 Å². The zero-order valence-corrected chi connectivity index (χ0v) is 10.1. The minimum Gasteiger partial charge on any atom is -0.299 e. The van der Waals surface area contributed by atoms with Crippen molar-refractivity contribution in [3.8, 4) is 0 Å². The van der Waals surface area contributed by atoms with Gasteiger partial charge in [0.25, 0.3) is 0 Å². The lowest BCUT2D eigenvalue weighted by Crippen LogP contribution is -1.56. The highest BCUT2D eigenvalue weighted by atomic mass is 16.1. The van der Waals surface area contributed by atoms with E-state index in [2.05, 4.69) is 0 Å². The summed E-state index contributed by atoms with van der Waals surface area (Å²) in [6.07, 6.45) is 27.1. The van der Waals surface area contributed by atoms with Gasteiger partial charge in [-0.1, -0.05) is 86.4 Å². The van der Waals surface area contributed by atoms with Gasteiger partial charge < -0.3 is 0 Å². The fourth-order valence-electron chi connectivity index (χ4n) is 0.862. The Balaban J connectivity index is 0. The van der Waals surface area contributed by atoms with Gasteiger partial charge in [0, 0.05) is 0 Å². The van der Waals surface area contributed by atoms with Gasteiger partial charge in [-0.2, -0.15) is 0 Å². The average Bonchev–Trinajstić information content (AvgIpc) is 2.35. The monoisotopic (exact) mass is 242 g/mol. The molecule has 0 aliphatic heterocycles. The number of aldehydes is 1. The summed E-state index contributed by atoms with van der Waals surface area (Å²) < 4.78 is 0. The van der Waals surface area contributed by atoms with Crippen molar-refractivity contribution >= 4 is 6.29 Å². The van der Waals surface area contributed by atoms with Crippen molar-refractivity contribution in [1.29, 1.82) is 0 Å².